The molecule has 1 aromatic carbocycles. The Hall–Kier alpha value is -0.880. The molecule has 0 atom stereocenters. The number of ether oxygens (including phenoxy) is 1. The summed E-state index contributed by atoms with van der Waals surface area (Å²) in [7, 11) is 3.40. The van der Waals surface area contributed by atoms with E-state index in [1.807, 2.05) is 0 Å². The number of halogens is 3. The van der Waals surface area contributed by atoms with Crippen LogP contribution in [0.5, 0.6) is 0 Å². The zero-order valence-corrected chi connectivity index (χ0v) is 14.0. The number of hydrogen-bond acceptors (Lipinski definition) is 4. The Kier molecular flexibility index (Phi) is 5.21. The van der Waals surface area contributed by atoms with E-state index in [-0.39, 0.29) is 0 Å². The topological polar surface area (TPSA) is 47.0 Å². The molecule has 2 aromatic rings. The first-order valence-electron chi connectivity index (χ1n) is 5.75. The number of benzene rings is 1. The summed E-state index contributed by atoms with van der Waals surface area (Å²) >= 11 is 15.7. The van der Waals surface area contributed by atoms with Gasteiger partial charge in [0, 0.05) is 24.7 Å². The highest BCUT2D eigenvalue weighted by molar-refractivity contribution is 9.10. The van der Waals surface area contributed by atoms with Gasteiger partial charge in [0.1, 0.15) is 5.82 Å². The van der Waals surface area contributed by atoms with Crippen molar-refractivity contribution in [3.63, 3.8) is 0 Å². The van der Waals surface area contributed by atoms with Crippen molar-refractivity contribution in [3.05, 3.63) is 38.4 Å². The molecule has 0 radical (unpaired) electrons. The van der Waals surface area contributed by atoms with Crippen LogP contribution in [-0.4, -0.2) is 24.1 Å². The normalized spacial score (nSPS) is 10.7. The average molecular weight is 377 g/mol. The van der Waals surface area contributed by atoms with Gasteiger partial charge in [-0.1, -0.05) is 23.2 Å². The molecule has 0 unspecified atom stereocenters. The van der Waals surface area contributed by atoms with Crippen LogP contribution in [0.1, 0.15) is 5.69 Å². The molecule has 0 aliphatic rings. The molecule has 0 fully saturated rings. The molecule has 4 nitrogen and oxygen atoms in total. The van der Waals surface area contributed by atoms with E-state index in [4.69, 9.17) is 27.9 Å². The number of nitrogens with zero attached hydrogens (tertiary/aromatic N) is 2. The van der Waals surface area contributed by atoms with Gasteiger partial charge < -0.3 is 10.1 Å². The van der Waals surface area contributed by atoms with Gasteiger partial charge in [-0.3, -0.25) is 0 Å². The molecule has 1 heterocycles. The number of rotatable bonds is 4. The van der Waals surface area contributed by atoms with Crippen molar-refractivity contribution in [2.45, 2.75) is 6.61 Å². The van der Waals surface area contributed by atoms with Gasteiger partial charge in [0.05, 0.1) is 21.8 Å². The first-order valence-corrected chi connectivity index (χ1v) is 7.30. The predicted molar refractivity (Wildman–Crippen MR) is 85.4 cm³/mol. The monoisotopic (exact) mass is 375 g/mol. The molecule has 106 valence electrons. The minimum atomic E-state index is 0.364. The number of aromatic nitrogens is 2. The van der Waals surface area contributed by atoms with Crippen molar-refractivity contribution in [2.24, 2.45) is 0 Å². The first kappa shape index (κ1) is 15.5. The molecule has 0 amide bonds. The van der Waals surface area contributed by atoms with Crippen molar-refractivity contribution < 1.29 is 4.74 Å². The number of nitrogens with one attached hydrogen (secondary N) is 1. The van der Waals surface area contributed by atoms with Gasteiger partial charge in [-0.05, 0) is 34.1 Å². The summed E-state index contributed by atoms with van der Waals surface area (Å²) in [4.78, 5) is 8.91. The van der Waals surface area contributed by atoms with Gasteiger partial charge in [-0.15, -0.1) is 0 Å². The summed E-state index contributed by atoms with van der Waals surface area (Å²) in [6.07, 6.45) is 0. The molecule has 0 aliphatic carbocycles. The average Bonchev–Trinajstić information content (AvgIpc) is 2.44. The maximum absolute atomic E-state index is 6.19. The second kappa shape index (κ2) is 6.72. The van der Waals surface area contributed by atoms with Crippen molar-refractivity contribution >= 4 is 44.9 Å². The maximum atomic E-state index is 6.19. The summed E-state index contributed by atoms with van der Waals surface area (Å²) in [5.74, 6) is 1.16. The van der Waals surface area contributed by atoms with Crippen molar-refractivity contribution in [3.8, 4) is 11.4 Å². The maximum Gasteiger partial charge on any atom is 0.163 e. The predicted octanol–water partition coefficient (Wildman–Crippen LogP) is 4.40. The Morgan fingerprint density at radius 3 is 2.70 bits per heavy atom. The van der Waals surface area contributed by atoms with Gasteiger partial charge >= 0.3 is 0 Å². The van der Waals surface area contributed by atoms with E-state index in [9.17, 15) is 0 Å². The Labute approximate surface area is 135 Å². The van der Waals surface area contributed by atoms with E-state index < -0.39 is 0 Å². The van der Waals surface area contributed by atoms with Crippen molar-refractivity contribution in [2.75, 3.05) is 19.5 Å². The lowest BCUT2D eigenvalue weighted by molar-refractivity contribution is 0.181. The van der Waals surface area contributed by atoms with Gasteiger partial charge in [-0.25, -0.2) is 9.97 Å². The fraction of sp³-hybridized carbons (Fsp3) is 0.231. The molecule has 1 N–H and O–H groups in total. The lowest BCUT2D eigenvalue weighted by Crippen LogP contribution is -2.04. The van der Waals surface area contributed by atoms with Gasteiger partial charge in [0.2, 0.25) is 0 Å². The Morgan fingerprint density at radius 1 is 1.30 bits per heavy atom. The van der Waals surface area contributed by atoms with Crippen LogP contribution in [0.3, 0.4) is 0 Å². The van der Waals surface area contributed by atoms with Crippen LogP contribution in [0.2, 0.25) is 10.0 Å². The molecule has 7 heteroatoms. The smallest absolute Gasteiger partial charge is 0.163 e. The summed E-state index contributed by atoms with van der Waals surface area (Å²) in [6, 6.07) is 5.18. The third-order valence-electron chi connectivity index (χ3n) is 2.61. The summed E-state index contributed by atoms with van der Waals surface area (Å²) < 4.78 is 5.91. The van der Waals surface area contributed by atoms with Crippen LogP contribution in [-0.2, 0) is 11.3 Å². The molecule has 20 heavy (non-hydrogen) atoms. The van der Waals surface area contributed by atoms with E-state index in [1.54, 1.807) is 32.4 Å². The van der Waals surface area contributed by atoms with Gasteiger partial charge in [-0.2, -0.15) is 0 Å². The van der Waals surface area contributed by atoms with Gasteiger partial charge in [0.25, 0.3) is 0 Å². The van der Waals surface area contributed by atoms with Crippen LogP contribution < -0.4 is 5.32 Å². The second-order valence-electron chi connectivity index (χ2n) is 3.96. The van der Waals surface area contributed by atoms with E-state index >= 15 is 0 Å². The Morgan fingerprint density at radius 2 is 2.05 bits per heavy atom. The molecular weight excluding hydrogens is 365 g/mol. The van der Waals surface area contributed by atoms with E-state index in [1.165, 1.54) is 0 Å². The fourth-order valence-electron chi connectivity index (χ4n) is 1.68. The van der Waals surface area contributed by atoms with Crippen molar-refractivity contribution in [1.82, 2.24) is 9.97 Å². The first-order chi connectivity index (χ1) is 9.56. The molecule has 0 bridgehead atoms. The highest BCUT2D eigenvalue weighted by Gasteiger charge is 2.15. The number of anilines is 1. The Bertz CT molecular complexity index is 637. The molecule has 0 aliphatic heterocycles. The fourth-order valence-corrected chi connectivity index (χ4v) is 2.55. The van der Waals surface area contributed by atoms with Crippen molar-refractivity contribution in [1.29, 1.82) is 0 Å². The highest BCUT2D eigenvalue weighted by Crippen LogP contribution is 2.32. The quantitative estimate of drug-likeness (QED) is 0.858. The summed E-state index contributed by atoms with van der Waals surface area (Å²) in [5, 5.41) is 4.13. The van der Waals surface area contributed by atoms with Crippen LogP contribution in [0.25, 0.3) is 11.4 Å². The third kappa shape index (κ3) is 3.23. The molecule has 0 spiro atoms. The molecule has 2 rings (SSSR count). The largest absolute Gasteiger partial charge is 0.378 e. The summed E-state index contributed by atoms with van der Waals surface area (Å²) in [6.45, 7) is 0.364. The minimum absolute atomic E-state index is 0.364. The highest BCUT2D eigenvalue weighted by atomic mass is 79.9. The van der Waals surface area contributed by atoms with Crippen LogP contribution in [0, 0.1) is 0 Å². The zero-order valence-electron chi connectivity index (χ0n) is 10.9. The molecule has 0 saturated heterocycles. The van der Waals surface area contributed by atoms with Gasteiger partial charge in [0.15, 0.2) is 5.82 Å². The zero-order chi connectivity index (χ0) is 14.7. The van der Waals surface area contributed by atoms with Crippen LogP contribution in [0.15, 0.2) is 22.7 Å². The molecule has 0 saturated carbocycles. The number of hydrogen-bond donors (Lipinski definition) is 1. The Balaban J connectivity index is 2.61. The van der Waals surface area contributed by atoms with E-state index in [0.717, 1.165) is 10.2 Å². The van der Waals surface area contributed by atoms with Crippen LogP contribution in [0.4, 0.5) is 5.82 Å². The SMILES string of the molecule is CNc1nc(-c2cc(Cl)ccc2Cl)nc(COC)c1Br. The molecule has 1 aromatic heterocycles. The van der Waals surface area contributed by atoms with Crippen LogP contribution >= 0.6 is 39.1 Å². The minimum Gasteiger partial charge on any atom is -0.378 e. The lowest BCUT2D eigenvalue weighted by atomic mass is 10.2. The second-order valence-corrected chi connectivity index (χ2v) is 5.60. The number of methoxy groups -OCH3 is 1. The van der Waals surface area contributed by atoms with E-state index in [2.05, 4.69) is 31.2 Å². The lowest BCUT2D eigenvalue weighted by Gasteiger charge is -2.11. The molecular formula is C13H12BrCl2N3O. The van der Waals surface area contributed by atoms with E-state index in [0.29, 0.717) is 33.9 Å². The standard InChI is InChI=1S/C13H12BrCl2N3O/c1-17-13-11(14)10(6-20-2)18-12(19-13)8-5-7(15)3-4-9(8)16/h3-5H,6H2,1-2H3,(H,17,18,19). The summed E-state index contributed by atoms with van der Waals surface area (Å²) in [5.41, 5.74) is 1.42. The third-order valence-corrected chi connectivity index (χ3v) is 4.00.